The summed E-state index contributed by atoms with van der Waals surface area (Å²) in [7, 11) is 0. The summed E-state index contributed by atoms with van der Waals surface area (Å²) < 4.78 is 0. The number of carbonyl (C=O) groups excluding carboxylic acids is 6. The zero-order valence-electron chi connectivity index (χ0n) is 34.7. The van der Waals surface area contributed by atoms with Crippen LogP contribution in [0.3, 0.4) is 0 Å². The summed E-state index contributed by atoms with van der Waals surface area (Å²) in [5.41, 5.74) is 11.3. The van der Waals surface area contributed by atoms with Crippen LogP contribution in [0.25, 0.3) is 0 Å². The first-order valence-corrected chi connectivity index (χ1v) is 21.0. The number of guanidine groups is 1. The lowest BCUT2D eigenvalue weighted by Gasteiger charge is -2.28. The highest BCUT2D eigenvalue weighted by Gasteiger charge is 2.34. The number of aliphatic imine (C=N–C) groups is 1. The minimum atomic E-state index is -1.48. The number of hydrogen-bond donors (Lipinski definition) is 10. The van der Waals surface area contributed by atoms with E-state index in [0.29, 0.717) is 30.7 Å². The maximum Gasteiger partial charge on any atom is 0.326 e. The minimum absolute atomic E-state index is 0.0508. The lowest BCUT2D eigenvalue weighted by Crippen LogP contribution is -2.60. The zero-order chi connectivity index (χ0) is 44.7. The third-order valence-electron chi connectivity index (χ3n) is 8.88. The predicted octanol–water partition coefficient (Wildman–Crippen LogP) is 0.00610. The molecule has 0 aliphatic heterocycles. The number of hydrogen-bond acceptors (Lipinski definition) is 10. The normalized spacial score (nSPS) is 14.0. The van der Waals surface area contributed by atoms with E-state index in [0.717, 1.165) is 0 Å². The molecule has 0 bridgehead atoms. The van der Waals surface area contributed by atoms with Gasteiger partial charge in [0.25, 0.3) is 0 Å². The molecule has 0 unspecified atom stereocenters. The Labute approximate surface area is 349 Å². The summed E-state index contributed by atoms with van der Waals surface area (Å²) in [6, 6.07) is 1.21. The van der Waals surface area contributed by atoms with Gasteiger partial charge in [0, 0.05) is 25.8 Å². The van der Waals surface area contributed by atoms with Crippen LogP contribution >= 0.6 is 11.8 Å². The first-order valence-electron chi connectivity index (χ1n) is 19.6. The van der Waals surface area contributed by atoms with Gasteiger partial charge in [-0.15, -0.1) is 0 Å². The fourth-order valence-electron chi connectivity index (χ4n) is 5.66. The van der Waals surface area contributed by atoms with E-state index >= 15 is 0 Å². The van der Waals surface area contributed by atoms with E-state index in [1.807, 2.05) is 13.8 Å². The summed E-state index contributed by atoms with van der Waals surface area (Å²) in [6.45, 7) is 8.82. The molecule has 59 heavy (non-hydrogen) atoms. The van der Waals surface area contributed by atoms with Gasteiger partial charge in [-0.1, -0.05) is 58.0 Å². The van der Waals surface area contributed by atoms with Gasteiger partial charge >= 0.3 is 11.9 Å². The molecule has 12 N–H and O–H groups in total. The molecular formula is C39H63N9O10S. The van der Waals surface area contributed by atoms with Crippen LogP contribution in [0.5, 0.6) is 0 Å². The van der Waals surface area contributed by atoms with Gasteiger partial charge in [0.2, 0.25) is 35.4 Å². The maximum absolute atomic E-state index is 14.0. The van der Waals surface area contributed by atoms with E-state index in [4.69, 9.17) is 11.5 Å². The number of nitrogens with two attached hydrogens (primary N) is 2. The number of carboxylic acid groups (broad SMARTS) is 2. The van der Waals surface area contributed by atoms with Crippen molar-refractivity contribution in [2.24, 2.45) is 28.3 Å². The van der Waals surface area contributed by atoms with Crippen molar-refractivity contribution in [2.45, 2.75) is 122 Å². The van der Waals surface area contributed by atoms with Crippen molar-refractivity contribution >= 4 is 65.1 Å². The second-order valence-corrected chi connectivity index (χ2v) is 15.9. The lowest BCUT2D eigenvalue weighted by molar-refractivity contribution is -0.142. The molecule has 19 nitrogen and oxygen atoms in total. The van der Waals surface area contributed by atoms with Crippen LogP contribution in [0.15, 0.2) is 35.3 Å². The van der Waals surface area contributed by atoms with Gasteiger partial charge in [-0.2, -0.15) is 11.8 Å². The van der Waals surface area contributed by atoms with Crippen molar-refractivity contribution in [3.8, 4) is 0 Å². The number of carbonyl (C=O) groups is 8. The zero-order valence-corrected chi connectivity index (χ0v) is 35.6. The molecule has 1 rings (SSSR count). The van der Waals surface area contributed by atoms with Crippen LogP contribution in [0, 0.1) is 11.8 Å². The molecule has 0 aliphatic rings. The van der Waals surface area contributed by atoms with Crippen molar-refractivity contribution in [3.05, 3.63) is 35.9 Å². The highest BCUT2D eigenvalue weighted by molar-refractivity contribution is 7.98. The first kappa shape index (κ1) is 51.6. The highest BCUT2D eigenvalue weighted by atomic mass is 32.2. The molecule has 0 spiro atoms. The Morgan fingerprint density at radius 2 is 1.25 bits per heavy atom. The first-order chi connectivity index (χ1) is 27.7. The molecule has 20 heteroatoms. The summed E-state index contributed by atoms with van der Waals surface area (Å²) in [6.07, 6.45) is 2.21. The molecular weight excluding hydrogens is 787 g/mol. The molecule has 1 aromatic rings. The Balaban J connectivity index is 3.29. The van der Waals surface area contributed by atoms with Gasteiger partial charge < -0.3 is 53.6 Å². The van der Waals surface area contributed by atoms with E-state index in [1.54, 1.807) is 50.4 Å². The van der Waals surface area contributed by atoms with Gasteiger partial charge in [0.05, 0.1) is 0 Å². The summed E-state index contributed by atoms with van der Waals surface area (Å²) >= 11 is 1.39. The van der Waals surface area contributed by atoms with E-state index in [2.05, 4.69) is 36.9 Å². The molecule has 0 aliphatic carbocycles. The number of thioether (sulfide) groups is 1. The molecule has 1 aromatic carbocycles. The summed E-state index contributed by atoms with van der Waals surface area (Å²) in [4.78, 5) is 108. The van der Waals surface area contributed by atoms with Crippen molar-refractivity contribution in [1.29, 1.82) is 0 Å². The summed E-state index contributed by atoms with van der Waals surface area (Å²) in [5.74, 6) is -6.86. The van der Waals surface area contributed by atoms with Gasteiger partial charge in [-0.05, 0) is 68.4 Å². The van der Waals surface area contributed by atoms with E-state index in [1.165, 1.54) is 18.7 Å². The molecule has 0 aromatic heterocycles. The van der Waals surface area contributed by atoms with E-state index < -0.39 is 84.1 Å². The average Bonchev–Trinajstić information content (AvgIpc) is 3.15. The Kier molecular flexibility index (Phi) is 23.9. The van der Waals surface area contributed by atoms with Gasteiger partial charge in [0.1, 0.15) is 36.3 Å². The third kappa shape index (κ3) is 21.3. The monoisotopic (exact) mass is 849 g/mol. The molecule has 6 atom stereocenters. The molecule has 0 heterocycles. The predicted molar refractivity (Wildman–Crippen MR) is 224 cm³/mol. The molecule has 330 valence electrons. The molecule has 6 amide bonds. The maximum atomic E-state index is 14.0. The molecule has 0 fully saturated rings. The van der Waals surface area contributed by atoms with Gasteiger partial charge in [-0.25, -0.2) is 4.79 Å². The quantitative estimate of drug-likeness (QED) is 0.0302. The standard InChI is InChI=1S/C39H63N9O10S/c1-22(2)20-28(47-37(56)32(23(3)4)48-30(49)14-10-11-18-42-39(40)41)35(54)46-29(21-25-12-8-7-9-13-25)36(55)44-26(15-16-31(50)51)34(53)43-24(5)33(52)45-27(38(57)58)17-19-59-6/h7-9,12-13,22-24,26-29,32H,10-11,14-21H2,1-6H3,(H,43,53)(H,44,55)(H,45,52)(H,46,54)(H,47,56)(H,48,49)(H,50,51)(H,57,58)(H4,40,41,42)/t24-,26-,27-,28-,29-,32-/m0/s1. The van der Waals surface area contributed by atoms with Crippen LogP contribution in [0.4, 0.5) is 0 Å². The lowest BCUT2D eigenvalue weighted by atomic mass is 9.98. The SMILES string of the molecule is CSCC[C@H](NC(=O)[C@H](C)NC(=O)[C@H](CCC(=O)O)NC(=O)[C@H](Cc1ccccc1)NC(=O)[C@H](CC(C)C)NC(=O)[C@@H](NC(=O)CCCCN=C(N)N)C(C)C)C(=O)O. The van der Waals surface area contributed by atoms with Gasteiger partial charge in [0.15, 0.2) is 5.96 Å². The highest BCUT2D eigenvalue weighted by Crippen LogP contribution is 2.12. The van der Waals surface area contributed by atoms with Crippen molar-refractivity contribution in [2.75, 3.05) is 18.6 Å². The third-order valence-corrected chi connectivity index (χ3v) is 9.53. The topological polar surface area (TPSA) is 314 Å². The van der Waals surface area contributed by atoms with E-state index in [9.17, 15) is 48.6 Å². The molecule has 0 saturated heterocycles. The van der Waals surface area contributed by atoms with Crippen LogP contribution < -0.4 is 43.4 Å². The molecule has 0 radical (unpaired) electrons. The summed E-state index contributed by atoms with van der Waals surface area (Å²) in [5, 5.41) is 34.4. The number of aliphatic carboxylic acids is 2. The Hall–Kier alpha value is -5.40. The Morgan fingerprint density at radius 3 is 1.81 bits per heavy atom. The van der Waals surface area contributed by atoms with Crippen molar-refractivity contribution in [1.82, 2.24) is 31.9 Å². The van der Waals surface area contributed by atoms with Crippen LogP contribution in [0.1, 0.15) is 85.1 Å². The van der Waals surface area contributed by atoms with Crippen LogP contribution in [0.2, 0.25) is 0 Å². The second kappa shape index (κ2) is 27.3. The van der Waals surface area contributed by atoms with E-state index in [-0.39, 0.29) is 55.8 Å². The van der Waals surface area contributed by atoms with Gasteiger partial charge in [-0.3, -0.25) is 38.6 Å². The number of carboxylic acids is 2. The van der Waals surface area contributed by atoms with Crippen molar-refractivity contribution < 1.29 is 48.6 Å². The smallest absolute Gasteiger partial charge is 0.326 e. The fraction of sp³-hybridized carbons (Fsp3) is 0.615. The number of amides is 6. The fourth-order valence-corrected chi connectivity index (χ4v) is 6.13. The number of nitrogens with one attached hydrogen (secondary N) is 6. The Bertz CT molecular complexity index is 1590. The number of nitrogens with zero attached hydrogens (tertiary/aromatic N) is 1. The Morgan fingerprint density at radius 1 is 0.678 bits per heavy atom. The minimum Gasteiger partial charge on any atom is -0.481 e. The largest absolute Gasteiger partial charge is 0.481 e. The number of unbranched alkanes of at least 4 members (excludes halogenated alkanes) is 1. The average molecular weight is 850 g/mol. The number of benzene rings is 1. The number of rotatable bonds is 28. The molecule has 0 saturated carbocycles. The second-order valence-electron chi connectivity index (χ2n) is 14.9. The van der Waals surface area contributed by atoms with Crippen molar-refractivity contribution in [3.63, 3.8) is 0 Å². The van der Waals surface area contributed by atoms with Crippen LogP contribution in [-0.2, 0) is 44.8 Å². The van der Waals surface area contributed by atoms with Crippen LogP contribution in [-0.4, -0.2) is 118 Å².